The van der Waals surface area contributed by atoms with Gasteiger partial charge in [0, 0.05) is 31.1 Å². The third-order valence-electron chi connectivity index (χ3n) is 4.12. The van der Waals surface area contributed by atoms with Crippen molar-refractivity contribution in [2.45, 2.75) is 16.8 Å². The molecule has 0 atom stereocenters. The summed E-state index contributed by atoms with van der Waals surface area (Å²) in [7, 11) is 0. The number of halogens is 4. The van der Waals surface area contributed by atoms with Gasteiger partial charge in [0.15, 0.2) is 22.2 Å². The van der Waals surface area contributed by atoms with Crippen LogP contribution in [0.4, 0.5) is 23.2 Å². The number of amides is 1. The number of alkyl halides is 3. The van der Waals surface area contributed by atoms with Crippen molar-refractivity contribution < 1.29 is 32.1 Å². The van der Waals surface area contributed by atoms with E-state index in [0.717, 1.165) is 17.8 Å². The number of rotatable bonds is 7. The molecule has 1 aliphatic rings. The summed E-state index contributed by atoms with van der Waals surface area (Å²) in [5, 5.41) is 33.0. The molecule has 14 heteroatoms. The number of nitrogens with zero attached hydrogens (tertiary/aromatic N) is 2. The number of hydrogen-bond acceptors (Lipinski definition) is 8. The molecule has 0 aliphatic carbocycles. The van der Waals surface area contributed by atoms with Crippen molar-refractivity contribution in [1.29, 1.82) is 5.41 Å². The van der Waals surface area contributed by atoms with Crippen LogP contribution in [-0.4, -0.2) is 58.2 Å². The van der Waals surface area contributed by atoms with Crippen LogP contribution in [0.2, 0.25) is 0 Å². The third-order valence-corrected chi connectivity index (χ3v) is 5.07. The highest BCUT2D eigenvalue weighted by atomic mass is 32.2. The molecule has 0 radical (unpaired) electrons. The van der Waals surface area contributed by atoms with E-state index >= 15 is 0 Å². The lowest BCUT2D eigenvalue weighted by Crippen LogP contribution is -2.67. The fourth-order valence-corrected chi connectivity index (χ4v) is 3.21. The summed E-state index contributed by atoms with van der Waals surface area (Å²) >= 11 is 1.08. The molecule has 1 saturated heterocycles. The van der Waals surface area contributed by atoms with Gasteiger partial charge in [-0.25, -0.2) is 9.02 Å². The van der Waals surface area contributed by atoms with Gasteiger partial charge in [-0.1, -0.05) is 11.8 Å². The van der Waals surface area contributed by atoms with E-state index in [2.05, 4.69) is 30.9 Å². The maximum atomic E-state index is 13.4. The van der Waals surface area contributed by atoms with Crippen LogP contribution in [0.15, 0.2) is 27.9 Å². The van der Waals surface area contributed by atoms with Crippen molar-refractivity contribution in [2.24, 2.45) is 0 Å². The molecule has 9 nitrogen and oxygen atoms in total. The first-order chi connectivity index (χ1) is 14.1. The number of anilines is 1. The second-order valence-electron chi connectivity index (χ2n) is 6.35. The van der Waals surface area contributed by atoms with Crippen molar-refractivity contribution in [2.75, 3.05) is 30.7 Å². The van der Waals surface area contributed by atoms with Gasteiger partial charge < -0.3 is 21.1 Å². The molecule has 0 bridgehead atoms. The number of aromatic nitrogens is 2. The van der Waals surface area contributed by atoms with Crippen molar-refractivity contribution in [3.05, 3.63) is 35.3 Å². The maximum Gasteiger partial charge on any atom is 0.419 e. The Morgan fingerprint density at radius 1 is 1.37 bits per heavy atom. The predicted octanol–water partition coefficient (Wildman–Crippen LogP) is 1.21. The molecule has 1 aromatic heterocycles. The molecule has 3 rings (SSSR count). The number of amidine groups is 1. The number of β-amino-alcohol motifs (C(OH)–C–C–N with tert-alkyl or cyclic N) is 1. The number of carbonyl (C=O) groups excluding carboxylic acids is 1. The van der Waals surface area contributed by atoms with Crippen molar-refractivity contribution in [3.8, 4) is 0 Å². The Labute approximate surface area is 171 Å². The van der Waals surface area contributed by atoms with E-state index in [1.54, 1.807) is 0 Å². The second kappa shape index (κ2) is 8.57. The molecule has 0 saturated carbocycles. The van der Waals surface area contributed by atoms with Crippen LogP contribution in [0.1, 0.15) is 11.3 Å². The maximum absolute atomic E-state index is 13.4. The van der Waals surface area contributed by atoms with Gasteiger partial charge >= 0.3 is 6.18 Å². The number of hydrogen-bond donors (Lipinski definition) is 5. The molecule has 0 unspecified atom stereocenters. The van der Waals surface area contributed by atoms with Crippen LogP contribution in [0.3, 0.4) is 0 Å². The average molecular weight is 448 g/mol. The molecular formula is C16H16F4N6O3S. The molecule has 1 aromatic carbocycles. The number of benzene rings is 1. The average Bonchev–Trinajstić information content (AvgIpc) is 3.12. The number of nitrogens with one attached hydrogen (secondary N) is 4. The topological polar surface area (TPSA) is 136 Å². The minimum atomic E-state index is -4.88. The molecule has 2 aromatic rings. The summed E-state index contributed by atoms with van der Waals surface area (Å²) in [5.74, 6) is -2.04. The van der Waals surface area contributed by atoms with E-state index in [-0.39, 0.29) is 36.0 Å². The van der Waals surface area contributed by atoms with Crippen LogP contribution >= 0.6 is 11.8 Å². The summed E-state index contributed by atoms with van der Waals surface area (Å²) in [6.45, 7) is 0.531. The van der Waals surface area contributed by atoms with Gasteiger partial charge in [-0.15, -0.1) is 0 Å². The zero-order valence-corrected chi connectivity index (χ0v) is 16.0. The summed E-state index contributed by atoms with van der Waals surface area (Å²) in [4.78, 5) is 11.8. The minimum absolute atomic E-state index is 0.0639. The van der Waals surface area contributed by atoms with Crippen LogP contribution in [0.25, 0.3) is 0 Å². The molecule has 2 heterocycles. The molecular weight excluding hydrogens is 432 g/mol. The Kier molecular flexibility index (Phi) is 6.28. The van der Waals surface area contributed by atoms with Gasteiger partial charge in [0.1, 0.15) is 5.82 Å². The van der Waals surface area contributed by atoms with Gasteiger partial charge in [0.2, 0.25) is 0 Å². The first-order valence-corrected chi connectivity index (χ1v) is 9.48. The van der Waals surface area contributed by atoms with Crippen LogP contribution < -0.4 is 16.0 Å². The van der Waals surface area contributed by atoms with Gasteiger partial charge in [-0.05, 0) is 28.5 Å². The molecule has 5 N–H and O–H groups in total. The molecule has 1 amide bonds. The lowest BCUT2D eigenvalue weighted by molar-refractivity contribution is -0.144. The zero-order valence-electron chi connectivity index (χ0n) is 15.1. The van der Waals surface area contributed by atoms with Crippen molar-refractivity contribution >= 4 is 29.2 Å². The third kappa shape index (κ3) is 4.88. The standard InChI is InChI=1S/C16H16F4N6O3S/c17-10-2-1-8(5-9(10)16(18,19)20)24-12(21)11-13(26-29-25-11)30-4-3-23-14(27)15(28)6-22-7-15/h1-2,5,22,28H,3-4,6-7H2,(H2,21,24)(H,23,27). The molecule has 1 aliphatic heterocycles. The fourth-order valence-electron chi connectivity index (χ4n) is 2.45. The van der Waals surface area contributed by atoms with E-state index in [1.165, 1.54) is 0 Å². The van der Waals surface area contributed by atoms with Gasteiger partial charge in [-0.3, -0.25) is 10.2 Å². The Balaban J connectivity index is 1.57. The van der Waals surface area contributed by atoms with Crippen molar-refractivity contribution in [3.63, 3.8) is 0 Å². The quantitative estimate of drug-likeness (QED) is 0.140. The first-order valence-electron chi connectivity index (χ1n) is 8.49. The molecule has 0 spiro atoms. The lowest BCUT2D eigenvalue weighted by atomic mass is 9.96. The SMILES string of the molecule is N=C(Nc1ccc(F)c(C(F)(F)F)c1)c1nonc1SCCNC(=O)C1(O)CNC1. The number of thioether (sulfide) groups is 1. The predicted molar refractivity (Wildman–Crippen MR) is 97.7 cm³/mol. The molecule has 30 heavy (non-hydrogen) atoms. The lowest BCUT2D eigenvalue weighted by Gasteiger charge is -2.35. The molecule has 162 valence electrons. The van der Waals surface area contributed by atoms with E-state index in [1.807, 2.05) is 0 Å². The highest BCUT2D eigenvalue weighted by molar-refractivity contribution is 7.99. The monoisotopic (exact) mass is 448 g/mol. The van der Waals surface area contributed by atoms with Crippen LogP contribution in [0, 0.1) is 11.2 Å². The van der Waals surface area contributed by atoms with Crippen LogP contribution in [0.5, 0.6) is 0 Å². The Bertz CT molecular complexity index is 947. The highest BCUT2D eigenvalue weighted by Gasteiger charge is 2.41. The summed E-state index contributed by atoms with van der Waals surface area (Å²) in [6, 6.07) is 2.23. The summed E-state index contributed by atoms with van der Waals surface area (Å²) in [6.07, 6.45) is -4.88. The number of aliphatic hydroxyl groups is 1. The van der Waals surface area contributed by atoms with Crippen molar-refractivity contribution in [1.82, 2.24) is 20.9 Å². The van der Waals surface area contributed by atoms with Gasteiger partial charge in [0.05, 0.1) is 5.56 Å². The van der Waals surface area contributed by atoms with E-state index in [0.29, 0.717) is 17.9 Å². The zero-order chi connectivity index (χ0) is 21.9. The van der Waals surface area contributed by atoms with E-state index < -0.39 is 34.9 Å². The van der Waals surface area contributed by atoms with E-state index in [9.17, 15) is 27.5 Å². The summed E-state index contributed by atoms with van der Waals surface area (Å²) in [5.41, 5.74) is -3.11. The summed E-state index contributed by atoms with van der Waals surface area (Å²) < 4.78 is 56.4. The van der Waals surface area contributed by atoms with Gasteiger partial charge in [-0.2, -0.15) is 13.2 Å². The van der Waals surface area contributed by atoms with E-state index in [4.69, 9.17) is 5.41 Å². The van der Waals surface area contributed by atoms with Gasteiger partial charge in [0.25, 0.3) is 5.91 Å². The number of carbonyl (C=O) groups is 1. The second-order valence-corrected chi connectivity index (χ2v) is 7.43. The Hall–Kier alpha value is -2.71. The smallest absolute Gasteiger partial charge is 0.377 e. The highest BCUT2D eigenvalue weighted by Crippen LogP contribution is 2.33. The molecule has 1 fully saturated rings. The normalized spacial score (nSPS) is 15.4. The minimum Gasteiger partial charge on any atom is -0.377 e. The fraction of sp³-hybridized carbons (Fsp3) is 0.375. The Morgan fingerprint density at radius 3 is 2.73 bits per heavy atom. The first kappa shape index (κ1) is 22.0. The van der Waals surface area contributed by atoms with Crippen LogP contribution in [-0.2, 0) is 11.0 Å². The Morgan fingerprint density at radius 2 is 2.10 bits per heavy atom. The largest absolute Gasteiger partial charge is 0.419 e.